The van der Waals surface area contributed by atoms with Gasteiger partial charge in [-0.3, -0.25) is 4.79 Å². The zero-order valence-corrected chi connectivity index (χ0v) is 13.3. The van der Waals surface area contributed by atoms with E-state index in [4.69, 9.17) is 27.9 Å². The van der Waals surface area contributed by atoms with Crippen LogP contribution < -0.4 is 5.32 Å². The van der Waals surface area contributed by atoms with Gasteiger partial charge < -0.3 is 10.1 Å². The average Bonchev–Trinajstić information content (AvgIpc) is 2.53. The molecule has 0 saturated heterocycles. The number of rotatable bonds is 5. The van der Waals surface area contributed by atoms with Gasteiger partial charge in [-0.25, -0.2) is 9.18 Å². The number of carbonyl (C=O) groups is 2. The number of amides is 1. The van der Waals surface area contributed by atoms with E-state index in [0.717, 1.165) is 17.7 Å². The zero-order chi connectivity index (χ0) is 16.8. The average molecular weight is 356 g/mol. The Bertz CT molecular complexity index is 737. The second-order valence-corrected chi connectivity index (χ2v) is 5.46. The van der Waals surface area contributed by atoms with Gasteiger partial charge in [0.15, 0.2) is 6.61 Å². The van der Waals surface area contributed by atoms with E-state index in [2.05, 4.69) is 5.32 Å². The van der Waals surface area contributed by atoms with E-state index < -0.39 is 24.3 Å². The van der Waals surface area contributed by atoms with E-state index in [1.165, 1.54) is 6.07 Å². The topological polar surface area (TPSA) is 55.4 Å². The van der Waals surface area contributed by atoms with Crippen LogP contribution in [-0.2, 0) is 16.1 Å². The Hall–Kier alpha value is -2.11. The summed E-state index contributed by atoms with van der Waals surface area (Å²) in [7, 11) is 0. The van der Waals surface area contributed by atoms with Gasteiger partial charge in [0.25, 0.3) is 5.91 Å². The third-order valence-corrected chi connectivity index (χ3v) is 3.39. The molecule has 2 aromatic rings. The Morgan fingerprint density at radius 3 is 2.61 bits per heavy atom. The molecule has 120 valence electrons. The number of hydrogen-bond donors (Lipinski definition) is 1. The molecule has 2 rings (SSSR count). The largest absolute Gasteiger partial charge is 0.452 e. The molecule has 23 heavy (non-hydrogen) atoms. The van der Waals surface area contributed by atoms with E-state index >= 15 is 0 Å². The Kier molecular flexibility index (Phi) is 5.96. The van der Waals surface area contributed by atoms with Crippen LogP contribution in [0.1, 0.15) is 15.9 Å². The van der Waals surface area contributed by atoms with Gasteiger partial charge in [-0.1, -0.05) is 35.3 Å². The van der Waals surface area contributed by atoms with E-state index in [-0.39, 0.29) is 17.1 Å². The smallest absolute Gasteiger partial charge is 0.338 e. The molecule has 0 atom stereocenters. The van der Waals surface area contributed by atoms with Crippen LogP contribution in [0.3, 0.4) is 0 Å². The molecule has 1 amide bonds. The summed E-state index contributed by atoms with van der Waals surface area (Å²) >= 11 is 11.4. The van der Waals surface area contributed by atoms with Gasteiger partial charge in [-0.15, -0.1) is 0 Å². The molecule has 0 aliphatic carbocycles. The molecule has 7 heteroatoms. The third kappa shape index (κ3) is 5.23. The lowest BCUT2D eigenvalue weighted by Gasteiger charge is -2.07. The molecule has 0 aliphatic heterocycles. The quantitative estimate of drug-likeness (QED) is 0.833. The number of carbonyl (C=O) groups excluding carboxylic acids is 2. The number of halogens is 3. The standard InChI is InChI=1S/C16H12Cl2FNO3/c17-12-3-1-2-10(6-12)8-20-15(21)9-23-16(22)11-4-5-14(19)13(18)7-11/h1-7H,8-9H2,(H,20,21). The van der Waals surface area contributed by atoms with E-state index in [9.17, 15) is 14.0 Å². The molecule has 0 fully saturated rings. The van der Waals surface area contributed by atoms with Crippen LogP contribution >= 0.6 is 23.2 Å². The third-order valence-electron chi connectivity index (χ3n) is 2.87. The summed E-state index contributed by atoms with van der Waals surface area (Å²) in [5.41, 5.74) is 0.890. The van der Waals surface area contributed by atoms with Crippen molar-refractivity contribution in [2.24, 2.45) is 0 Å². The highest BCUT2D eigenvalue weighted by Crippen LogP contribution is 2.16. The number of hydrogen-bond acceptors (Lipinski definition) is 3. The van der Waals surface area contributed by atoms with Crippen molar-refractivity contribution in [1.82, 2.24) is 5.32 Å². The number of benzene rings is 2. The molecular formula is C16H12Cl2FNO3. The van der Waals surface area contributed by atoms with Crippen molar-refractivity contribution in [3.8, 4) is 0 Å². The summed E-state index contributed by atoms with van der Waals surface area (Å²) in [4.78, 5) is 23.4. The zero-order valence-electron chi connectivity index (χ0n) is 11.8. The van der Waals surface area contributed by atoms with Crippen LogP contribution in [0.25, 0.3) is 0 Å². The highest BCUT2D eigenvalue weighted by Gasteiger charge is 2.12. The van der Waals surface area contributed by atoms with Gasteiger partial charge in [-0.05, 0) is 35.9 Å². The second kappa shape index (κ2) is 7.94. The first-order valence-electron chi connectivity index (χ1n) is 6.59. The molecular weight excluding hydrogens is 344 g/mol. The van der Waals surface area contributed by atoms with Gasteiger partial charge in [0.05, 0.1) is 10.6 Å². The predicted octanol–water partition coefficient (Wildman–Crippen LogP) is 3.61. The molecule has 0 aliphatic rings. The summed E-state index contributed by atoms with van der Waals surface area (Å²) in [6.45, 7) is -0.187. The first-order valence-corrected chi connectivity index (χ1v) is 7.34. The van der Waals surface area contributed by atoms with Gasteiger partial charge >= 0.3 is 5.97 Å². The Morgan fingerprint density at radius 1 is 1.13 bits per heavy atom. The number of ether oxygens (including phenoxy) is 1. The lowest BCUT2D eigenvalue weighted by Crippen LogP contribution is -2.28. The summed E-state index contributed by atoms with van der Waals surface area (Å²) in [6.07, 6.45) is 0. The molecule has 0 bridgehead atoms. The Morgan fingerprint density at radius 2 is 1.91 bits per heavy atom. The highest BCUT2D eigenvalue weighted by atomic mass is 35.5. The number of nitrogens with one attached hydrogen (secondary N) is 1. The van der Waals surface area contributed by atoms with Crippen LogP contribution in [0.4, 0.5) is 4.39 Å². The predicted molar refractivity (Wildman–Crippen MR) is 85.0 cm³/mol. The minimum absolute atomic E-state index is 0.0686. The lowest BCUT2D eigenvalue weighted by atomic mass is 10.2. The summed E-state index contributed by atoms with van der Waals surface area (Å²) in [5, 5.41) is 2.97. The number of esters is 1. The molecule has 0 saturated carbocycles. The fourth-order valence-electron chi connectivity index (χ4n) is 1.74. The first kappa shape index (κ1) is 17.2. The molecule has 1 N–H and O–H groups in total. The van der Waals surface area contributed by atoms with E-state index in [1.54, 1.807) is 24.3 Å². The molecule has 0 aromatic heterocycles. The van der Waals surface area contributed by atoms with Gasteiger partial charge in [0, 0.05) is 11.6 Å². The molecule has 2 aromatic carbocycles. The molecule has 0 spiro atoms. The van der Waals surface area contributed by atoms with E-state index in [1.807, 2.05) is 0 Å². The minimum atomic E-state index is -0.759. The SMILES string of the molecule is O=C(COC(=O)c1ccc(F)c(Cl)c1)NCc1cccc(Cl)c1. The first-order chi connectivity index (χ1) is 11.0. The van der Waals surface area contributed by atoms with Crippen LogP contribution in [-0.4, -0.2) is 18.5 Å². The Balaban J connectivity index is 1.81. The van der Waals surface area contributed by atoms with Crippen molar-refractivity contribution in [2.75, 3.05) is 6.61 Å². The lowest BCUT2D eigenvalue weighted by molar-refractivity contribution is -0.124. The molecule has 0 radical (unpaired) electrons. The summed E-state index contributed by atoms with van der Waals surface area (Å²) in [6, 6.07) is 10.4. The molecule has 0 unspecified atom stereocenters. The maximum atomic E-state index is 13.0. The van der Waals surface area contributed by atoms with Crippen molar-refractivity contribution in [3.63, 3.8) is 0 Å². The van der Waals surface area contributed by atoms with Crippen molar-refractivity contribution in [1.29, 1.82) is 0 Å². The van der Waals surface area contributed by atoms with Crippen molar-refractivity contribution in [3.05, 3.63) is 69.5 Å². The maximum absolute atomic E-state index is 13.0. The van der Waals surface area contributed by atoms with Crippen molar-refractivity contribution < 1.29 is 18.7 Å². The molecule has 4 nitrogen and oxygen atoms in total. The normalized spacial score (nSPS) is 10.2. The van der Waals surface area contributed by atoms with Crippen LogP contribution in [0.2, 0.25) is 10.0 Å². The monoisotopic (exact) mass is 355 g/mol. The van der Waals surface area contributed by atoms with Crippen molar-refractivity contribution in [2.45, 2.75) is 6.54 Å². The maximum Gasteiger partial charge on any atom is 0.338 e. The van der Waals surface area contributed by atoms with Gasteiger partial charge in [0.2, 0.25) is 0 Å². The Labute approximate surface area is 142 Å². The fourth-order valence-corrected chi connectivity index (χ4v) is 2.13. The molecule has 0 heterocycles. The summed E-state index contributed by atoms with van der Waals surface area (Å²) in [5.74, 6) is -1.86. The second-order valence-electron chi connectivity index (χ2n) is 4.61. The minimum Gasteiger partial charge on any atom is -0.452 e. The summed E-state index contributed by atoms with van der Waals surface area (Å²) < 4.78 is 17.8. The highest BCUT2D eigenvalue weighted by molar-refractivity contribution is 6.31. The van der Waals surface area contributed by atoms with Gasteiger partial charge in [-0.2, -0.15) is 0 Å². The van der Waals surface area contributed by atoms with Crippen LogP contribution in [0.5, 0.6) is 0 Å². The van der Waals surface area contributed by atoms with Gasteiger partial charge in [0.1, 0.15) is 5.82 Å². The fraction of sp³-hybridized carbons (Fsp3) is 0.125. The van der Waals surface area contributed by atoms with Crippen LogP contribution in [0.15, 0.2) is 42.5 Å². The van der Waals surface area contributed by atoms with E-state index in [0.29, 0.717) is 5.02 Å². The van der Waals surface area contributed by atoms with Crippen molar-refractivity contribution >= 4 is 35.1 Å². The van der Waals surface area contributed by atoms with Crippen LogP contribution in [0, 0.1) is 5.82 Å².